The fourth-order valence-corrected chi connectivity index (χ4v) is 3.10. The molecule has 0 spiro atoms. The number of aromatic amines is 1. The number of nitrogens with one attached hydrogen (secondary N) is 1. The maximum Gasteiger partial charge on any atom is 0.331 e. The Balaban J connectivity index is 1.99. The van der Waals surface area contributed by atoms with E-state index in [0.717, 1.165) is 34.0 Å². The zero-order chi connectivity index (χ0) is 17.9. The molecule has 0 aliphatic rings. The van der Waals surface area contributed by atoms with E-state index >= 15 is 0 Å². The van der Waals surface area contributed by atoms with Crippen molar-refractivity contribution in [3.8, 4) is 34.0 Å². The first-order chi connectivity index (χ1) is 12.8. The number of H-pyrrole nitrogens is 1. The van der Waals surface area contributed by atoms with Crippen LogP contribution < -0.4 is 10.4 Å². The van der Waals surface area contributed by atoms with Crippen LogP contribution in [-0.4, -0.2) is 16.7 Å². The Morgan fingerprint density at radius 1 is 0.769 bits per heavy atom. The number of nitrogens with zero attached hydrogens (tertiary/aromatic N) is 1. The average molecular weight is 342 g/mol. The van der Waals surface area contributed by atoms with Gasteiger partial charge in [-0.15, -0.1) is 0 Å². The normalized spacial score (nSPS) is 10.7. The molecule has 128 valence electrons. The molecule has 4 heteroatoms. The van der Waals surface area contributed by atoms with Gasteiger partial charge in [0, 0.05) is 11.1 Å². The lowest BCUT2D eigenvalue weighted by molar-refractivity contribution is 0.414. The lowest BCUT2D eigenvalue weighted by atomic mass is 10.0. The Morgan fingerprint density at radius 2 is 1.35 bits per heavy atom. The van der Waals surface area contributed by atoms with Gasteiger partial charge in [-0.2, -0.15) is 0 Å². The third-order valence-electron chi connectivity index (χ3n) is 4.34. The number of hydrogen-bond acceptors (Lipinski definition) is 2. The summed E-state index contributed by atoms with van der Waals surface area (Å²) in [5.41, 5.74) is 4.20. The van der Waals surface area contributed by atoms with Crippen LogP contribution in [0.2, 0.25) is 0 Å². The van der Waals surface area contributed by atoms with Gasteiger partial charge in [-0.3, -0.25) is 4.57 Å². The van der Waals surface area contributed by atoms with Gasteiger partial charge in [-0.1, -0.05) is 60.7 Å². The third kappa shape index (κ3) is 2.82. The second-order valence-electron chi connectivity index (χ2n) is 5.92. The molecule has 0 saturated heterocycles. The van der Waals surface area contributed by atoms with E-state index in [1.807, 2.05) is 84.9 Å². The Hall–Kier alpha value is -3.53. The Labute approximate surface area is 151 Å². The van der Waals surface area contributed by atoms with Crippen molar-refractivity contribution < 1.29 is 4.74 Å². The molecule has 1 N–H and O–H groups in total. The molecular formula is C22H18N2O2. The van der Waals surface area contributed by atoms with Crippen LogP contribution in [0.4, 0.5) is 0 Å². The molecule has 0 saturated carbocycles. The van der Waals surface area contributed by atoms with E-state index in [1.54, 1.807) is 11.7 Å². The quantitative estimate of drug-likeness (QED) is 0.593. The zero-order valence-electron chi connectivity index (χ0n) is 14.3. The largest absolute Gasteiger partial charge is 0.497 e. The van der Waals surface area contributed by atoms with Crippen molar-refractivity contribution >= 4 is 0 Å². The van der Waals surface area contributed by atoms with Crippen molar-refractivity contribution in [3.63, 3.8) is 0 Å². The molecule has 4 aromatic rings. The highest BCUT2D eigenvalue weighted by molar-refractivity contribution is 5.79. The van der Waals surface area contributed by atoms with E-state index in [2.05, 4.69) is 4.98 Å². The van der Waals surface area contributed by atoms with Crippen LogP contribution in [0.25, 0.3) is 28.2 Å². The predicted molar refractivity (Wildman–Crippen MR) is 104 cm³/mol. The Bertz CT molecular complexity index is 1060. The Morgan fingerprint density at radius 3 is 1.92 bits per heavy atom. The van der Waals surface area contributed by atoms with Crippen LogP contribution in [0.1, 0.15) is 0 Å². The van der Waals surface area contributed by atoms with Crippen LogP contribution >= 0.6 is 0 Å². The molecular weight excluding hydrogens is 324 g/mol. The minimum atomic E-state index is -0.173. The first-order valence-electron chi connectivity index (χ1n) is 8.38. The molecule has 4 nitrogen and oxygen atoms in total. The molecule has 4 rings (SSSR count). The van der Waals surface area contributed by atoms with E-state index in [9.17, 15) is 4.79 Å². The van der Waals surface area contributed by atoms with E-state index in [1.165, 1.54) is 0 Å². The van der Waals surface area contributed by atoms with E-state index in [0.29, 0.717) is 0 Å². The van der Waals surface area contributed by atoms with Crippen molar-refractivity contribution in [1.82, 2.24) is 9.55 Å². The number of rotatable bonds is 4. The van der Waals surface area contributed by atoms with Crippen molar-refractivity contribution in [2.45, 2.75) is 0 Å². The number of imidazole rings is 1. The monoisotopic (exact) mass is 342 g/mol. The second kappa shape index (κ2) is 6.76. The molecule has 0 unspecified atom stereocenters. The molecule has 0 atom stereocenters. The third-order valence-corrected chi connectivity index (χ3v) is 4.34. The van der Waals surface area contributed by atoms with Crippen LogP contribution in [0.3, 0.4) is 0 Å². The molecule has 26 heavy (non-hydrogen) atoms. The molecule has 1 heterocycles. The Kier molecular flexibility index (Phi) is 4.15. The first-order valence-corrected chi connectivity index (χ1v) is 8.38. The fourth-order valence-electron chi connectivity index (χ4n) is 3.10. The minimum Gasteiger partial charge on any atom is -0.497 e. The van der Waals surface area contributed by atoms with Crippen molar-refractivity contribution in [2.75, 3.05) is 7.11 Å². The van der Waals surface area contributed by atoms with Gasteiger partial charge in [0.15, 0.2) is 0 Å². The number of ether oxygens (including phenoxy) is 1. The van der Waals surface area contributed by atoms with Gasteiger partial charge in [0.1, 0.15) is 5.75 Å². The number of methoxy groups -OCH3 is 1. The lowest BCUT2D eigenvalue weighted by Gasteiger charge is -2.11. The highest BCUT2D eigenvalue weighted by Gasteiger charge is 2.18. The summed E-state index contributed by atoms with van der Waals surface area (Å²) >= 11 is 0. The lowest BCUT2D eigenvalue weighted by Crippen LogP contribution is -2.15. The highest BCUT2D eigenvalue weighted by atomic mass is 16.5. The van der Waals surface area contributed by atoms with Crippen LogP contribution in [0.15, 0.2) is 89.7 Å². The SMILES string of the molecule is COc1ccc(-n2c(-c3ccccc3)c(-c3ccccc3)[nH]c2=O)cc1. The van der Waals surface area contributed by atoms with Gasteiger partial charge < -0.3 is 9.72 Å². The summed E-state index contributed by atoms with van der Waals surface area (Å²) in [6, 6.07) is 27.3. The van der Waals surface area contributed by atoms with E-state index in [4.69, 9.17) is 4.74 Å². The average Bonchev–Trinajstić information content (AvgIpc) is 3.06. The van der Waals surface area contributed by atoms with E-state index < -0.39 is 0 Å². The molecule has 0 fully saturated rings. The number of benzene rings is 3. The summed E-state index contributed by atoms with van der Waals surface area (Å²) in [5, 5.41) is 0. The van der Waals surface area contributed by atoms with Gasteiger partial charge in [-0.05, 0) is 24.3 Å². The maximum absolute atomic E-state index is 12.8. The maximum atomic E-state index is 12.8. The predicted octanol–water partition coefficient (Wildman–Crippen LogP) is 4.51. The topological polar surface area (TPSA) is 47.0 Å². The summed E-state index contributed by atoms with van der Waals surface area (Å²) in [6.07, 6.45) is 0. The summed E-state index contributed by atoms with van der Waals surface area (Å²) in [4.78, 5) is 15.9. The molecule has 0 radical (unpaired) electrons. The molecule has 0 aliphatic carbocycles. The van der Waals surface area contributed by atoms with Gasteiger partial charge in [0.2, 0.25) is 0 Å². The summed E-state index contributed by atoms with van der Waals surface area (Å²) in [6.45, 7) is 0. The van der Waals surface area contributed by atoms with Gasteiger partial charge in [0.25, 0.3) is 0 Å². The van der Waals surface area contributed by atoms with Crippen LogP contribution in [-0.2, 0) is 0 Å². The first kappa shape index (κ1) is 16.0. The summed E-state index contributed by atoms with van der Waals surface area (Å²) in [5.74, 6) is 0.752. The van der Waals surface area contributed by atoms with Gasteiger partial charge in [0.05, 0.1) is 24.2 Å². The fraction of sp³-hybridized carbons (Fsp3) is 0.0455. The van der Waals surface area contributed by atoms with Crippen molar-refractivity contribution in [2.24, 2.45) is 0 Å². The zero-order valence-corrected chi connectivity index (χ0v) is 14.3. The molecule has 1 aromatic heterocycles. The minimum absolute atomic E-state index is 0.173. The van der Waals surface area contributed by atoms with E-state index in [-0.39, 0.29) is 5.69 Å². The smallest absolute Gasteiger partial charge is 0.331 e. The highest BCUT2D eigenvalue weighted by Crippen LogP contribution is 2.31. The van der Waals surface area contributed by atoms with Gasteiger partial charge in [-0.25, -0.2) is 4.79 Å². The van der Waals surface area contributed by atoms with Crippen molar-refractivity contribution in [1.29, 1.82) is 0 Å². The van der Waals surface area contributed by atoms with Crippen molar-refractivity contribution in [3.05, 3.63) is 95.4 Å². The molecule has 3 aromatic carbocycles. The summed E-state index contributed by atoms with van der Waals surface area (Å²) in [7, 11) is 1.63. The molecule has 0 bridgehead atoms. The second-order valence-corrected chi connectivity index (χ2v) is 5.92. The standard InChI is InChI=1S/C22H18N2O2/c1-26-19-14-12-18(13-15-19)24-21(17-10-6-3-7-11-17)20(23-22(24)25)16-8-4-2-5-9-16/h2-15H,1H3,(H,23,25). The molecule has 0 aliphatic heterocycles. The number of aromatic nitrogens is 2. The molecule has 0 amide bonds. The van der Waals surface area contributed by atoms with Crippen LogP contribution in [0, 0.1) is 0 Å². The van der Waals surface area contributed by atoms with Gasteiger partial charge >= 0.3 is 5.69 Å². The van der Waals surface area contributed by atoms with Crippen LogP contribution in [0.5, 0.6) is 5.75 Å². The number of hydrogen-bond donors (Lipinski definition) is 1. The summed E-state index contributed by atoms with van der Waals surface area (Å²) < 4.78 is 6.93.